The van der Waals surface area contributed by atoms with Crippen molar-refractivity contribution < 1.29 is 18.4 Å². The Hall–Kier alpha value is -3.26. The smallest absolute Gasteiger partial charge is 0.322 e. The van der Waals surface area contributed by atoms with Gasteiger partial charge in [0, 0.05) is 23.7 Å². The summed E-state index contributed by atoms with van der Waals surface area (Å²) in [6.45, 7) is 0.394. The van der Waals surface area contributed by atoms with Gasteiger partial charge in [-0.1, -0.05) is 28.8 Å². The molecule has 1 N–H and O–H groups in total. The molecule has 0 saturated carbocycles. The van der Waals surface area contributed by atoms with Crippen LogP contribution in [0.4, 0.5) is 16.1 Å². The third-order valence-electron chi connectivity index (χ3n) is 4.58. The summed E-state index contributed by atoms with van der Waals surface area (Å²) in [6, 6.07) is 12.6. The van der Waals surface area contributed by atoms with E-state index in [0.717, 1.165) is 5.69 Å². The Morgan fingerprint density at radius 3 is 2.62 bits per heavy atom. The summed E-state index contributed by atoms with van der Waals surface area (Å²) < 4.78 is 18.5. The number of anilines is 2. The Bertz CT molecular complexity index is 1040. The number of carbonyl (C=O) groups is 2. The van der Waals surface area contributed by atoms with Crippen LogP contribution >= 0.6 is 11.6 Å². The maximum absolute atomic E-state index is 12.9. The molecule has 1 aromatic heterocycles. The lowest BCUT2D eigenvalue weighted by Crippen LogP contribution is -2.24. The zero-order valence-corrected chi connectivity index (χ0v) is 15.9. The average Bonchev–Trinajstić information content (AvgIpc) is 3.31. The van der Waals surface area contributed by atoms with E-state index >= 15 is 0 Å². The van der Waals surface area contributed by atoms with Crippen LogP contribution in [0.3, 0.4) is 0 Å². The second-order valence-electron chi connectivity index (χ2n) is 6.68. The van der Waals surface area contributed by atoms with Crippen LogP contribution in [-0.4, -0.2) is 28.6 Å². The molecule has 2 heterocycles. The predicted octanol–water partition coefficient (Wildman–Crippen LogP) is 3.56. The van der Waals surface area contributed by atoms with Gasteiger partial charge >= 0.3 is 6.01 Å². The van der Waals surface area contributed by atoms with Crippen molar-refractivity contribution in [3.8, 4) is 0 Å². The number of hydrogen-bond acceptors (Lipinski definition) is 5. The van der Waals surface area contributed by atoms with Gasteiger partial charge in [-0.25, -0.2) is 4.39 Å². The summed E-state index contributed by atoms with van der Waals surface area (Å²) in [7, 11) is 0. The van der Waals surface area contributed by atoms with Crippen molar-refractivity contribution in [2.75, 3.05) is 16.8 Å². The van der Waals surface area contributed by atoms with Gasteiger partial charge in [0.25, 0.3) is 0 Å². The van der Waals surface area contributed by atoms with Crippen LogP contribution in [-0.2, 0) is 16.0 Å². The lowest BCUT2D eigenvalue weighted by molar-refractivity contribution is -0.117. The van der Waals surface area contributed by atoms with Crippen LogP contribution in [0.15, 0.2) is 52.9 Å². The highest BCUT2D eigenvalue weighted by Crippen LogP contribution is 2.32. The number of hydrogen-bond donors (Lipinski definition) is 1. The molecule has 0 bridgehead atoms. The molecule has 0 radical (unpaired) electrons. The van der Waals surface area contributed by atoms with Crippen molar-refractivity contribution in [1.82, 2.24) is 10.2 Å². The van der Waals surface area contributed by atoms with Gasteiger partial charge in [-0.2, -0.15) is 0 Å². The number of amides is 2. The van der Waals surface area contributed by atoms with Gasteiger partial charge in [0.2, 0.25) is 17.7 Å². The van der Waals surface area contributed by atoms with Crippen LogP contribution in [0.2, 0.25) is 5.02 Å². The van der Waals surface area contributed by atoms with E-state index in [1.165, 1.54) is 24.3 Å². The summed E-state index contributed by atoms with van der Waals surface area (Å²) in [5.74, 6) is -0.774. The van der Waals surface area contributed by atoms with Crippen molar-refractivity contribution in [3.05, 3.63) is 70.8 Å². The minimum atomic E-state index is -0.366. The first-order valence-electron chi connectivity index (χ1n) is 8.91. The number of nitrogens with zero attached hydrogens (tertiary/aromatic N) is 3. The molecule has 1 aliphatic heterocycles. The highest BCUT2D eigenvalue weighted by atomic mass is 35.5. The van der Waals surface area contributed by atoms with E-state index in [4.69, 9.17) is 16.0 Å². The summed E-state index contributed by atoms with van der Waals surface area (Å²) in [5.41, 5.74) is 1.40. The average molecular weight is 415 g/mol. The highest BCUT2D eigenvalue weighted by molar-refractivity contribution is 6.30. The summed E-state index contributed by atoms with van der Waals surface area (Å²) in [4.78, 5) is 26.1. The lowest BCUT2D eigenvalue weighted by atomic mass is 10.1. The monoisotopic (exact) mass is 414 g/mol. The van der Waals surface area contributed by atoms with Gasteiger partial charge in [-0.3, -0.25) is 14.9 Å². The number of halogens is 2. The largest absolute Gasteiger partial charge is 0.407 e. The third kappa shape index (κ3) is 4.43. The third-order valence-corrected chi connectivity index (χ3v) is 4.83. The molecule has 2 aromatic carbocycles. The number of nitrogens with one attached hydrogen (secondary N) is 1. The molecule has 1 saturated heterocycles. The molecule has 0 aliphatic carbocycles. The minimum absolute atomic E-state index is 0.0375. The van der Waals surface area contributed by atoms with Crippen molar-refractivity contribution >= 4 is 35.1 Å². The van der Waals surface area contributed by atoms with Gasteiger partial charge in [-0.15, -0.1) is 5.10 Å². The standard InChI is InChI=1S/C20H16ClFN4O3/c21-14-3-7-16(8-4-14)26-11-13(10-18(26)28)19-24-25-20(29-19)23-17(27)9-12-1-5-15(22)6-2-12/h1-8,13H,9-11H2,(H,23,25,27)/t13-/m1/s1. The van der Waals surface area contributed by atoms with Crippen LogP contribution < -0.4 is 10.2 Å². The van der Waals surface area contributed by atoms with Crippen LogP contribution in [0.5, 0.6) is 0 Å². The predicted molar refractivity (Wildman–Crippen MR) is 104 cm³/mol. The van der Waals surface area contributed by atoms with Gasteiger partial charge in [-0.05, 0) is 42.0 Å². The second-order valence-corrected chi connectivity index (χ2v) is 7.12. The molecule has 2 amide bonds. The molecule has 1 aliphatic rings. The van der Waals surface area contributed by atoms with E-state index in [-0.39, 0.29) is 48.3 Å². The van der Waals surface area contributed by atoms with Crippen molar-refractivity contribution in [3.63, 3.8) is 0 Å². The van der Waals surface area contributed by atoms with Gasteiger partial charge in [0.1, 0.15) is 5.82 Å². The van der Waals surface area contributed by atoms with Gasteiger partial charge in [0.05, 0.1) is 12.3 Å². The lowest BCUT2D eigenvalue weighted by Gasteiger charge is -2.15. The summed E-state index contributed by atoms with van der Waals surface area (Å²) in [5, 5.41) is 10.9. The Morgan fingerprint density at radius 2 is 1.90 bits per heavy atom. The Balaban J connectivity index is 1.38. The molecule has 3 aromatic rings. The number of aromatic nitrogens is 2. The first-order chi connectivity index (χ1) is 14.0. The highest BCUT2D eigenvalue weighted by Gasteiger charge is 2.35. The van der Waals surface area contributed by atoms with Gasteiger partial charge < -0.3 is 9.32 Å². The molecule has 9 heteroatoms. The molecule has 1 atom stereocenters. The maximum atomic E-state index is 12.9. The number of benzene rings is 2. The van der Waals surface area contributed by atoms with Crippen molar-refractivity contribution in [2.45, 2.75) is 18.8 Å². The number of rotatable bonds is 5. The minimum Gasteiger partial charge on any atom is -0.407 e. The molecule has 7 nitrogen and oxygen atoms in total. The molecule has 0 unspecified atom stereocenters. The van der Waals surface area contributed by atoms with Crippen LogP contribution in [0.25, 0.3) is 0 Å². The van der Waals surface area contributed by atoms with Crippen LogP contribution in [0.1, 0.15) is 23.8 Å². The molecule has 4 rings (SSSR count). The van der Waals surface area contributed by atoms with E-state index in [0.29, 0.717) is 17.1 Å². The molecule has 1 fully saturated rings. The summed E-state index contributed by atoms with van der Waals surface area (Å²) in [6.07, 6.45) is 0.276. The fourth-order valence-electron chi connectivity index (χ4n) is 3.14. The van der Waals surface area contributed by atoms with E-state index < -0.39 is 0 Å². The van der Waals surface area contributed by atoms with E-state index in [9.17, 15) is 14.0 Å². The SMILES string of the molecule is O=C(Cc1ccc(F)cc1)Nc1nnc([C@@H]2CC(=O)N(c3ccc(Cl)cc3)C2)o1. The normalized spacial score (nSPS) is 16.3. The number of carbonyl (C=O) groups excluding carboxylic acids is 2. The van der Waals surface area contributed by atoms with E-state index in [1.54, 1.807) is 29.2 Å². The Morgan fingerprint density at radius 1 is 1.17 bits per heavy atom. The van der Waals surface area contributed by atoms with Crippen molar-refractivity contribution in [2.24, 2.45) is 0 Å². The molecule has 0 spiro atoms. The fraction of sp³-hybridized carbons (Fsp3) is 0.200. The Kier molecular flexibility index (Phi) is 5.26. The van der Waals surface area contributed by atoms with E-state index in [1.807, 2.05) is 0 Å². The zero-order chi connectivity index (χ0) is 20.4. The zero-order valence-electron chi connectivity index (χ0n) is 15.1. The summed E-state index contributed by atoms with van der Waals surface area (Å²) >= 11 is 5.89. The Labute approximate surface area is 170 Å². The topological polar surface area (TPSA) is 88.3 Å². The second kappa shape index (κ2) is 8.00. The molecule has 29 heavy (non-hydrogen) atoms. The van der Waals surface area contributed by atoms with Crippen LogP contribution in [0, 0.1) is 5.82 Å². The fourth-order valence-corrected chi connectivity index (χ4v) is 3.27. The first kappa shape index (κ1) is 19.1. The quantitative estimate of drug-likeness (QED) is 0.689. The molecular formula is C20H16ClFN4O3. The molecule has 148 valence electrons. The van der Waals surface area contributed by atoms with Gasteiger partial charge in [0.15, 0.2) is 0 Å². The van der Waals surface area contributed by atoms with E-state index in [2.05, 4.69) is 15.5 Å². The first-order valence-corrected chi connectivity index (χ1v) is 9.29. The molecular weight excluding hydrogens is 399 g/mol. The van der Waals surface area contributed by atoms with Crippen molar-refractivity contribution in [1.29, 1.82) is 0 Å². The maximum Gasteiger partial charge on any atom is 0.322 e.